The fourth-order valence-electron chi connectivity index (χ4n) is 1.79. The van der Waals surface area contributed by atoms with Gasteiger partial charge in [-0.15, -0.1) is 10.2 Å². The van der Waals surface area contributed by atoms with Gasteiger partial charge in [0.05, 0.1) is 5.52 Å². The summed E-state index contributed by atoms with van der Waals surface area (Å²) >= 11 is 0. The molecule has 0 fully saturated rings. The molecule has 0 unspecified atom stereocenters. The number of nitrogens with one attached hydrogen (secondary N) is 2. The number of hydrogen-bond acceptors (Lipinski definition) is 5. The molecule has 2 heterocycles. The van der Waals surface area contributed by atoms with Crippen LogP contribution in [0.3, 0.4) is 0 Å². The zero-order valence-electron chi connectivity index (χ0n) is 9.18. The second-order valence-electron chi connectivity index (χ2n) is 3.58. The highest BCUT2D eigenvalue weighted by Crippen LogP contribution is 2.25. The molecule has 0 amide bonds. The lowest BCUT2D eigenvalue weighted by Gasteiger charge is -2.05. The Morgan fingerprint density at radius 2 is 2.18 bits per heavy atom. The van der Waals surface area contributed by atoms with E-state index in [2.05, 4.69) is 30.9 Å². The monoisotopic (exact) mass is 226 g/mol. The second-order valence-corrected chi connectivity index (χ2v) is 3.58. The number of fused-ring (bicyclic) bond motifs is 1. The van der Waals surface area contributed by atoms with Gasteiger partial charge in [-0.2, -0.15) is 5.21 Å². The Kier molecular flexibility index (Phi) is 2.18. The van der Waals surface area contributed by atoms with E-state index < -0.39 is 0 Å². The molecule has 3 aromatic rings. The maximum atomic E-state index is 4.31. The summed E-state index contributed by atoms with van der Waals surface area (Å²) in [6.45, 7) is 0. The summed E-state index contributed by atoms with van der Waals surface area (Å²) in [7, 11) is 1.88. The number of anilines is 1. The third kappa shape index (κ3) is 1.59. The Balaban J connectivity index is 2.24. The number of pyridine rings is 1. The zero-order valence-corrected chi connectivity index (χ0v) is 9.18. The fourth-order valence-corrected chi connectivity index (χ4v) is 1.79. The third-order valence-corrected chi connectivity index (χ3v) is 2.61. The first-order valence-corrected chi connectivity index (χ1v) is 5.19. The number of rotatable bonds is 2. The van der Waals surface area contributed by atoms with Crippen molar-refractivity contribution in [1.82, 2.24) is 25.6 Å². The molecule has 0 aliphatic rings. The number of tetrazole rings is 1. The molecule has 0 aliphatic carbocycles. The Bertz CT molecular complexity index is 646. The second kappa shape index (κ2) is 3.82. The fraction of sp³-hybridized carbons (Fsp3) is 0.0909. The highest BCUT2D eigenvalue weighted by atomic mass is 15.5. The topological polar surface area (TPSA) is 79.4 Å². The van der Waals surface area contributed by atoms with Crippen LogP contribution in [0.1, 0.15) is 0 Å². The SMILES string of the molecule is CNc1ccnc2ccc(-c3nn[nH]n3)cc12. The van der Waals surface area contributed by atoms with Gasteiger partial charge in [0.2, 0.25) is 5.82 Å². The van der Waals surface area contributed by atoms with Crippen LogP contribution < -0.4 is 5.32 Å². The van der Waals surface area contributed by atoms with Crippen LogP contribution in [-0.2, 0) is 0 Å². The molecule has 0 bridgehead atoms. The number of hydrogen-bond donors (Lipinski definition) is 2. The number of aromatic nitrogens is 5. The van der Waals surface area contributed by atoms with E-state index in [4.69, 9.17) is 0 Å². The standard InChI is InChI=1S/C11H10N6/c1-12-9-4-5-13-10-3-2-7(6-8(9)10)11-14-16-17-15-11/h2-6H,1H3,(H,12,13)(H,14,15,16,17). The van der Waals surface area contributed by atoms with Gasteiger partial charge < -0.3 is 5.32 Å². The lowest BCUT2D eigenvalue weighted by molar-refractivity contribution is 0.881. The Morgan fingerprint density at radius 3 is 2.94 bits per heavy atom. The summed E-state index contributed by atoms with van der Waals surface area (Å²) in [5, 5.41) is 18.1. The van der Waals surface area contributed by atoms with Crippen LogP contribution in [0.4, 0.5) is 5.69 Å². The molecule has 17 heavy (non-hydrogen) atoms. The molecule has 0 spiro atoms. The number of benzene rings is 1. The number of H-pyrrole nitrogens is 1. The van der Waals surface area contributed by atoms with Crippen LogP contribution in [0.5, 0.6) is 0 Å². The smallest absolute Gasteiger partial charge is 0.204 e. The average Bonchev–Trinajstić information content (AvgIpc) is 2.91. The maximum Gasteiger partial charge on any atom is 0.204 e. The van der Waals surface area contributed by atoms with Crippen molar-refractivity contribution in [2.24, 2.45) is 0 Å². The van der Waals surface area contributed by atoms with E-state index >= 15 is 0 Å². The van der Waals surface area contributed by atoms with E-state index in [9.17, 15) is 0 Å². The first-order valence-electron chi connectivity index (χ1n) is 5.19. The molecule has 2 N–H and O–H groups in total. The third-order valence-electron chi connectivity index (χ3n) is 2.61. The average molecular weight is 226 g/mol. The van der Waals surface area contributed by atoms with E-state index in [0.717, 1.165) is 22.2 Å². The molecular formula is C11H10N6. The lowest BCUT2D eigenvalue weighted by Crippen LogP contribution is -1.91. The van der Waals surface area contributed by atoms with Crippen LogP contribution in [0.15, 0.2) is 30.5 Å². The molecule has 3 rings (SSSR count). The molecule has 1 aromatic carbocycles. The molecule has 0 radical (unpaired) electrons. The Hall–Kier alpha value is -2.50. The summed E-state index contributed by atoms with van der Waals surface area (Å²) in [6.07, 6.45) is 1.78. The van der Waals surface area contributed by atoms with Crippen molar-refractivity contribution in [3.8, 4) is 11.4 Å². The van der Waals surface area contributed by atoms with Crippen molar-refractivity contribution < 1.29 is 0 Å². The van der Waals surface area contributed by atoms with Gasteiger partial charge in [0.25, 0.3) is 0 Å². The van der Waals surface area contributed by atoms with Crippen molar-refractivity contribution in [1.29, 1.82) is 0 Å². The zero-order chi connectivity index (χ0) is 11.7. The minimum absolute atomic E-state index is 0.581. The first-order chi connectivity index (χ1) is 8.38. The van der Waals surface area contributed by atoms with Crippen LogP contribution in [0.2, 0.25) is 0 Å². The molecule has 0 aliphatic heterocycles. The minimum Gasteiger partial charge on any atom is -0.388 e. The van der Waals surface area contributed by atoms with Crippen LogP contribution in [0, 0.1) is 0 Å². The number of nitrogens with zero attached hydrogens (tertiary/aromatic N) is 4. The van der Waals surface area contributed by atoms with Crippen molar-refractivity contribution >= 4 is 16.6 Å². The summed E-state index contributed by atoms with van der Waals surface area (Å²) in [5.41, 5.74) is 2.88. The van der Waals surface area contributed by atoms with Crippen molar-refractivity contribution in [2.75, 3.05) is 12.4 Å². The molecule has 6 nitrogen and oxygen atoms in total. The van der Waals surface area contributed by atoms with Crippen molar-refractivity contribution in [3.63, 3.8) is 0 Å². The van der Waals surface area contributed by atoms with E-state index in [1.165, 1.54) is 0 Å². The molecule has 2 aromatic heterocycles. The van der Waals surface area contributed by atoms with Gasteiger partial charge in [0.15, 0.2) is 0 Å². The van der Waals surface area contributed by atoms with E-state index in [1.54, 1.807) is 6.20 Å². The van der Waals surface area contributed by atoms with Crippen LogP contribution in [-0.4, -0.2) is 32.7 Å². The summed E-state index contributed by atoms with van der Waals surface area (Å²) < 4.78 is 0. The lowest BCUT2D eigenvalue weighted by atomic mass is 10.1. The predicted octanol–water partition coefficient (Wildman–Crippen LogP) is 1.46. The largest absolute Gasteiger partial charge is 0.388 e. The molecule has 0 saturated heterocycles. The predicted molar refractivity (Wildman–Crippen MR) is 64.5 cm³/mol. The van der Waals surface area contributed by atoms with Gasteiger partial charge >= 0.3 is 0 Å². The Labute approximate surface area is 97.1 Å². The first kappa shape index (κ1) is 9.71. The van der Waals surface area contributed by atoms with Crippen LogP contribution in [0.25, 0.3) is 22.3 Å². The van der Waals surface area contributed by atoms with Crippen molar-refractivity contribution in [3.05, 3.63) is 30.5 Å². The molecular weight excluding hydrogens is 216 g/mol. The van der Waals surface area contributed by atoms with Gasteiger partial charge in [-0.1, -0.05) is 0 Å². The Morgan fingerprint density at radius 1 is 1.24 bits per heavy atom. The van der Waals surface area contributed by atoms with Crippen LogP contribution >= 0.6 is 0 Å². The van der Waals surface area contributed by atoms with E-state index in [0.29, 0.717) is 5.82 Å². The molecule has 6 heteroatoms. The van der Waals surface area contributed by atoms with Gasteiger partial charge in [-0.25, -0.2) is 0 Å². The highest BCUT2D eigenvalue weighted by Gasteiger charge is 2.06. The number of aromatic amines is 1. The maximum absolute atomic E-state index is 4.31. The quantitative estimate of drug-likeness (QED) is 0.691. The highest BCUT2D eigenvalue weighted by molar-refractivity contribution is 5.93. The van der Waals surface area contributed by atoms with E-state index in [1.807, 2.05) is 31.3 Å². The van der Waals surface area contributed by atoms with Crippen molar-refractivity contribution in [2.45, 2.75) is 0 Å². The molecule has 84 valence electrons. The molecule has 0 atom stereocenters. The minimum atomic E-state index is 0.581. The van der Waals surface area contributed by atoms with Gasteiger partial charge in [-0.05, 0) is 29.5 Å². The normalized spacial score (nSPS) is 10.6. The van der Waals surface area contributed by atoms with Gasteiger partial charge in [0, 0.05) is 29.9 Å². The van der Waals surface area contributed by atoms with Gasteiger partial charge in [0.1, 0.15) is 0 Å². The molecule has 0 saturated carbocycles. The van der Waals surface area contributed by atoms with Gasteiger partial charge in [-0.3, -0.25) is 4.98 Å². The van der Waals surface area contributed by atoms with E-state index in [-0.39, 0.29) is 0 Å². The summed E-state index contributed by atoms with van der Waals surface area (Å²) in [6, 6.07) is 7.81. The summed E-state index contributed by atoms with van der Waals surface area (Å²) in [4.78, 5) is 4.31. The summed E-state index contributed by atoms with van der Waals surface area (Å²) in [5.74, 6) is 0.581.